The molecule has 114 valence electrons. The number of carbonyl (C=O) groups excluding carboxylic acids is 1. The zero-order chi connectivity index (χ0) is 15.5. The predicted molar refractivity (Wildman–Crippen MR) is 85.7 cm³/mol. The lowest BCUT2D eigenvalue weighted by molar-refractivity contribution is 0.251. The minimum atomic E-state index is -0.233. The van der Waals surface area contributed by atoms with Crippen molar-refractivity contribution in [3.05, 3.63) is 47.2 Å². The highest BCUT2D eigenvalue weighted by molar-refractivity contribution is 6.33. The van der Waals surface area contributed by atoms with Gasteiger partial charge in [-0.05, 0) is 38.0 Å². The van der Waals surface area contributed by atoms with E-state index in [4.69, 9.17) is 16.3 Å². The fourth-order valence-corrected chi connectivity index (χ4v) is 2.17. The maximum Gasteiger partial charge on any atom is 0.319 e. The van der Waals surface area contributed by atoms with E-state index in [0.29, 0.717) is 28.3 Å². The lowest BCUT2D eigenvalue weighted by Crippen LogP contribution is -2.30. The van der Waals surface area contributed by atoms with Crippen LogP contribution in [-0.2, 0) is 0 Å². The van der Waals surface area contributed by atoms with Crippen molar-refractivity contribution in [2.45, 2.75) is 25.8 Å². The molecule has 1 aliphatic carbocycles. The Balaban J connectivity index is 1.67. The Morgan fingerprint density at radius 3 is 2.73 bits per heavy atom. The Morgan fingerprint density at radius 2 is 2.05 bits per heavy atom. The van der Waals surface area contributed by atoms with Gasteiger partial charge in [-0.1, -0.05) is 11.6 Å². The van der Waals surface area contributed by atoms with Gasteiger partial charge in [-0.2, -0.15) is 0 Å². The fraction of sp³-hybridized carbons (Fsp3) is 0.250. The van der Waals surface area contributed by atoms with Gasteiger partial charge >= 0.3 is 6.03 Å². The van der Waals surface area contributed by atoms with Crippen molar-refractivity contribution in [1.82, 2.24) is 10.3 Å². The number of benzene rings is 1. The number of amides is 2. The smallest absolute Gasteiger partial charge is 0.319 e. The predicted octanol–water partition coefficient (Wildman–Crippen LogP) is 4.12. The van der Waals surface area contributed by atoms with Gasteiger partial charge in [0.25, 0.3) is 0 Å². The fourth-order valence-electron chi connectivity index (χ4n) is 1.95. The first-order chi connectivity index (χ1) is 10.6. The van der Waals surface area contributed by atoms with Crippen LogP contribution >= 0.6 is 11.6 Å². The molecule has 0 radical (unpaired) electrons. The van der Waals surface area contributed by atoms with E-state index < -0.39 is 0 Å². The van der Waals surface area contributed by atoms with Crippen LogP contribution in [0.25, 0.3) is 0 Å². The second-order valence-electron chi connectivity index (χ2n) is 5.25. The van der Waals surface area contributed by atoms with Crippen LogP contribution in [0.3, 0.4) is 0 Å². The Bertz CT molecular complexity index is 702. The summed E-state index contributed by atoms with van der Waals surface area (Å²) < 4.78 is 5.72. The second-order valence-corrected chi connectivity index (χ2v) is 5.66. The molecule has 0 aliphatic heterocycles. The van der Waals surface area contributed by atoms with Gasteiger partial charge in [-0.25, -0.2) is 4.79 Å². The van der Waals surface area contributed by atoms with Gasteiger partial charge < -0.3 is 15.4 Å². The number of anilines is 1. The van der Waals surface area contributed by atoms with Gasteiger partial charge in [0.15, 0.2) is 0 Å². The number of rotatable bonds is 4. The number of hydrogen-bond donors (Lipinski definition) is 2. The third kappa shape index (κ3) is 3.89. The van der Waals surface area contributed by atoms with Crippen molar-refractivity contribution >= 4 is 23.3 Å². The molecule has 1 aliphatic rings. The molecule has 2 N–H and O–H groups in total. The van der Waals surface area contributed by atoms with Gasteiger partial charge in [-0.3, -0.25) is 4.98 Å². The van der Waals surface area contributed by atoms with Crippen molar-refractivity contribution in [2.24, 2.45) is 0 Å². The average molecular weight is 318 g/mol. The Morgan fingerprint density at radius 1 is 1.27 bits per heavy atom. The second kappa shape index (κ2) is 6.23. The summed E-state index contributed by atoms with van der Waals surface area (Å²) in [4.78, 5) is 15.8. The molecule has 6 heteroatoms. The molecule has 0 saturated heterocycles. The maximum atomic E-state index is 11.7. The summed E-state index contributed by atoms with van der Waals surface area (Å²) in [5, 5.41) is 6.00. The van der Waals surface area contributed by atoms with Gasteiger partial charge in [0.1, 0.15) is 11.5 Å². The van der Waals surface area contributed by atoms with E-state index in [1.165, 1.54) is 0 Å². The summed E-state index contributed by atoms with van der Waals surface area (Å²) in [6.07, 6.45) is 3.77. The molecule has 0 atom stereocenters. The van der Waals surface area contributed by atoms with E-state index in [0.717, 1.165) is 18.5 Å². The van der Waals surface area contributed by atoms with Crippen LogP contribution in [-0.4, -0.2) is 17.1 Å². The molecule has 3 rings (SSSR count). The van der Waals surface area contributed by atoms with E-state index in [1.54, 1.807) is 30.5 Å². The van der Waals surface area contributed by atoms with E-state index >= 15 is 0 Å². The Hall–Kier alpha value is -2.27. The molecule has 5 nitrogen and oxygen atoms in total. The van der Waals surface area contributed by atoms with Crippen molar-refractivity contribution in [2.75, 3.05) is 5.32 Å². The Labute approximate surface area is 133 Å². The van der Waals surface area contributed by atoms with Crippen LogP contribution in [0.4, 0.5) is 10.5 Å². The van der Waals surface area contributed by atoms with E-state index in [1.807, 2.05) is 13.0 Å². The van der Waals surface area contributed by atoms with Crippen LogP contribution in [0, 0.1) is 6.92 Å². The highest BCUT2D eigenvalue weighted by atomic mass is 35.5. The molecule has 1 saturated carbocycles. The third-order valence-electron chi connectivity index (χ3n) is 3.21. The van der Waals surface area contributed by atoms with Crippen molar-refractivity contribution in [3.63, 3.8) is 0 Å². The highest BCUT2D eigenvalue weighted by Gasteiger charge is 2.23. The van der Waals surface area contributed by atoms with Crippen molar-refractivity contribution in [3.8, 4) is 11.5 Å². The molecule has 22 heavy (non-hydrogen) atoms. The van der Waals surface area contributed by atoms with Crippen LogP contribution < -0.4 is 15.4 Å². The lowest BCUT2D eigenvalue weighted by Gasteiger charge is -2.11. The van der Waals surface area contributed by atoms with Crippen LogP contribution in [0.1, 0.15) is 18.5 Å². The number of ether oxygens (including phenoxy) is 1. The quantitative estimate of drug-likeness (QED) is 0.891. The minimum absolute atomic E-state index is 0.233. The third-order valence-corrected chi connectivity index (χ3v) is 3.52. The van der Waals surface area contributed by atoms with Gasteiger partial charge in [0.05, 0.1) is 10.7 Å². The standard InChI is InChI=1S/C16H16ClN3O2/c1-10-8-13(6-7-18-10)22-12-4-5-15(14(17)9-12)20-16(21)19-11-2-3-11/h4-9,11H,2-3H2,1H3,(H2,19,20,21). The van der Waals surface area contributed by atoms with E-state index in [2.05, 4.69) is 15.6 Å². The molecule has 1 fully saturated rings. The van der Waals surface area contributed by atoms with Crippen LogP contribution in [0.15, 0.2) is 36.5 Å². The SMILES string of the molecule is Cc1cc(Oc2ccc(NC(=O)NC3CC3)c(Cl)c2)ccn1. The lowest BCUT2D eigenvalue weighted by atomic mass is 10.3. The maximum absolute atomic E-state index is 11.7. The number of aromatic nitrogens is 1. The van der Waals surface area contributed by atoms with Gasteiger partial charge in [0, 0.05) is 30.1 Å². The molecule has 2 amide bonds. The zero-order valence-corrected chi connectivity index (χ0v) is 12.9. The normalized spacial score (nSPS) is 13.5. The molecule has 1 aromatic heterocycles. The molecule has 1 heterocycles. The number of aryl methyl sites for hydroxylation is 1. The first kappa shape index (κ1) is 14.7. The number of carbonyl (C=O) groups is 1. The topological polar surface area (TPSA) is 63.2 Å². The van der Waals surface area contributed by atoms with E-state index in [-0.39, 0.29) is 6.03 Å². The number of pyridine rings is 1. The molecular weight excluding hydrogens is 302 g/mol. The summed E-state index contributed by atoms with van der Waals surface area (Å²) in [6.45, 7) is 1.89. The summed E-state index contributed by atoms with van der Waals surface area (Å²) in [5.74, 6) is 1.29. The highest BCUT2D eigenvalue weighted by Crippen LogP contribution is 2.30. The summed E-state index contributed by atoms with van der Waals surface area (Å²) in [6, 6.07) is 8.83. The van der Waals surface area contributed by atoms with E-state index in [9.17, 15) is 4.79 Å². The molecule has 0 unspecified atom stereocenters. The van der Waals surface area contributed by atoms with Crippen LogP contribution in [0.2, 0.25) is 5.02 Å². The van der Waals surface area contributed by atoms with Gasteiger partial charge in [0.2, 0.25) is 0 Å². The molecule has 0 bridgehead atoms. The number of hydrogen-bond acceptors (Lipinski definition) is 3. The molecular formula is C16H16ClN3O2. The first-order valence-corrected chi connectivity index (χ1v) is 7.45. The largest absolute Gasteiger partial charge is 0.457 e. The average Bonchev–Trinajstić information content (AvgIpc) is 3.26. The minimum Gasteiger partial charge on any atom is -0.457 e. The van der Waals surface area contributed by atoms with Crippen LogP contribution in [0.5, 0.6) is 11.5 Å². The zero-order valence-electron chi connectivity index (χ0n) is 12.1. The monoisotopic (exact) mass is 317 g/mol. The number of nitrogens with one attached hydrogen (secondary N) is 2. The first-order valence-electron chi connectivity index (χ1n) is 7.08. The summed E-state index contributed by atoms with van der Waals surface area (Å²) in [7, 11) is 0. The number of halogens is 1. The molecule has 0 spiro atoms. The van der Waals surface area contributed by atoms with Crippen molar-refractivity contribution in [1.29, 1.82) is 0 Å². The number of urea groups is 1. The molecule has 2 aromatic rings. The van der Waals surface area contributed by atoms with Gasteiger partial charge in [-0.15, -0.1) is 0 Å². The molecule has 1 aromatic carbocycles. The summed E-state index contributed by atoms with van der Waals surface area (Å²) >= 11 is 6.19. The summed E-state index contributed by atoms with van der Waals surface area (Å²) in [5.41, 5.74) is 1.43. The number of nitrogens with zero attached hydrogens (tertiary/aromatic N) is 1. The van der Waals surface area contributed by atoms with Crippen molar-refractivity contribution < 1.29 is 9.53 Å². The Kier molecular flexibility index (Phi) is 4.15.